The van der Waals surface area contributed by atoms with Gasteiger partial charge in [-0.05, 0) is 127 Å². The van der Waals surface area contributed by atoms with Gasteiger partial charge in [-0.1, -0.05) is 95.2 Å². The van der Waals surface area contributed by atoms with Crippen molar-refractivity contribution >= 4 is 100 Å². The zero-order chi connectivity index (χ0) is 75.8. The quantitative estimate of drug-likeness (QED) is 0.0497. The van der Waals surface area contributed by atoms with Gasteiger partial charge in [0.05, 0.1) is 17.6 Å². The number of carbonyl (C=O) groups is 11. The molecular weight excluding hydrogens is 1330 g/mol. The summed E-state index contributed by atoms with van der Waals surface area (Å²) in [5, 5.41) is 22.4. The third kappa shape index (κ3) is 26.6. The van der Waals surface area contributed by atoms with Gasteiger partial charge in [0.15, 0.2) is 5.37 Å². The summed E-state index contributed by atoms with van der Waals surface area (Å²) in [6, 6.07) is -12.9. The van der Waals surface area contributed by atoms with E-state index in [1.807, 2.05) is 72.6 Å². The number of allylic oxidation sites excluding steroid dienone is 2. The van der Waals surface area contributed by atoms with E-state index >= 15 is 38.4 Å². The van der Waals surface area contributed by atoms with Crippen molar-refractivity contribution in [3.05, 3.63) is 12.2 Å². The van der Waals surface area contributed by atoms with Crippen molar-refractivity contribution < 1.29 is 62.6 Å². The second kappa shape index (κ2) is 42.4. The highest BCUT2D eigenvalue weighted by atomic mass is 32.2. The lowest BCUT2D eigenvalue weighted by Gasteiger charge is -2.41. The number of rotatable bonds is 23. The average Bonchev–Trinajstić information content (AvgIpc) is 0.808. The first-order valence-electron chi connectivity index (χ1n) is 35.5. The van der Waals surface area contributed by atoms with Crippen molar-refractivity contribution in [3.63, 3.8) is 0 Å². The van der Waals surface area contributed by atoms with Crippen LogP contribution in [0.15, 0.2) is 12.2 Å². The Bertz CT molecular complexity index is 2700. The highest BCUT2D eigenvalue weighted by Gasteiger charge is 2.47. The van der Waals surface area contributed by atoms with Gasteiger partial charge in [0.1, 0.15) is 60.4 Å². The van der Waals surface area contributed by atoms with Crippen LogP contribution in [0.25, 0.3) is 0 Å². The molecule has 28 heteroatoms. The SMILES string of the molecule is C/C=C/C[C@@H](C)[C@@H](O)[C@H]1C(=O)N[C@@H](CC)C(=O)N(C)[C@H](SCCCN2CCSCC2)C(=O)N(C)[C@@H](CC(C)(C)OCSC)C(=O)N[C@@H](C(C)C)C(=O)N(C)[C@@H](CC(C)C)C(=O)N[C@@H](C)C(=O)N[C@H](C)C(=O)N(C)[C@@H](CC(C)C)C(=O)N(C)[C@@H](CC(C)C)C(=O)N(C)[C@@H](C(C)C)C(=O)N1C. The van der Waals surface area contributed by atoms with Crippen LogP contribution >= 0.6 is 35.3 Å². The van der Waals surface area contributed by atoms with Crippen molar-refractivity contribution in [3.8, 4) is 0 Å². The lowest BCUT2D eigenvalue weighted by molar-refractivity contribution is -0.157. The van der Waals surface area contributed by atoms with Crippen LogP contribution in [-0.4, -0.2) is 285 Å². The molecule has 2 rings (SSSR count). The van der Waals surface area contributed by atoms with E-state index in [2.05, 4.69) is 26.2 Å². The fraction of sp³-hybridized carbons (Fsp3) is 0.817. The minimum atomic E-state index is -1.65. The zero-order valence-corrected chi connectivity index (χ0v) is 67.0. The summed E-state index contributed by atoms with van der Waals surface area (Å²) in [5.74, 6) is -7.26. The molecule has 0 aromatic heterocycles. The predicted molar refractivity (Wildman–Crippen MR) is 397 cm³/mol. The van der Waals surface area contributed by atoms with Crippen LogP contribution < -0.4 is 21.3 Å². The fourth-order valence-electron chi connectivity index (χ4n) is 12.5. The summed E-state index contributed by atoms with van der Waals surface area (Å²) < 4.78 is 6.27. The maximum Gasteiger partial charge on any atom is 0.256 e. The first kappa shape index (κ1) is 89.9. The molecule has 0 aliphatic carbocycles. The lowest BCUT2D eigenvalue weighted by atomic mass is 9.91. The van der Waals surface area contributed by atoms with E-state index in [4.69, 9.17) is 4.74 Å². The van der Waals surface area contributed by atoms with E-state index < -0.39 is 160 Å². The van der Waals surface area contributed by atoms with Gasteiger partial charge in [0, 0.05) is 80.3 Å². The molecular formula is C71H128N12O13S3. The second-order valence-electron chi connectivity index (χ2n) is 29.7. The van der Waals surface area contributed by atoms with Gasteiger partial charge in [0.25, 0.3) is 5.91 Å². The molecule has 25 nitrogen and oxygen atoms in total. The number of nitrogens with one attached hydrogen (secondary N) is 4. The molecule has 0 radical (unpaired) electrons. The Morgan fingerprint density at radius 1 is 0.566 bits per heavy atom. The Morgan fingerprint density at radius 3 is 1.56 bits per heavy atom. The molecule has 2 fully saturated rings. The summed E-state index contributed by atoms with van der Waals surface area (Å²) >= 11 is 4.50. The maximum absolute atomic E-state index is 15.7. The molecule has 5 N–H and O–H groups in total. The van der Waals surface area contributed by atoms with E-state index in [9.17, 15) is 19.5 Å². The zero-order valence-electron chi connectivity index (χ0n) is 64.6. The van der Waals surface area contributed by atoms with Crippen LogP contribution in [0.3, 0.4) is 0 Å². The molecule has 99 heavy (non-hydrogen) atoms. The second-order valence-corrected chi connectivity index (χ2v) is 32.9. The number of carbonyl (C=O) groups excluding carboxylic acids is 11. The van der Waals surface area contributed by atoms with E-state index in [0.717, 1.165) is 36.0 Å². The number of hydrogen-bond acceptors (Lipinski definition) is 17. The molecule has 0 bridgehead atoms. The van der Waals surface area contributed by atoms with Gasteiger partial charge in [-0.2, -0.15) is 11.8 Å². The first-order chi connectivity index (χ1) is 46.0. The van der Waals surface area contributed by atoms with Gasteiger partial charge in [-0.3, -0.25) is 52.7 Å². The number of hydrogen-bond donors (Lipinski definition) is 5. The number of thioether (sulfide) groups is 3. The van der Waals surface area contributed by atoms with Crippen molar-refractivity contribution in [1.29, 1.82) is 0 Å². The van der Waals surface area contributed by atoms with E-state index in [1.165, 1.54) is 116 Å². The largest absolute Gasteiger partial charge is 0.390 e. The topological polar surface area (TPSA) is 291 Å². The number of ether oxygens (including phenoxy) is 1. The van der Waals surface area contributed by atoms with Crippen LogP contribution in [0.2, 0.25) is 0 Å². The van der Waals surface area contributed by atoms with Gasteiger partial charge in [0.2, 0.25) is 59.1 Å². The molecule has 568 valence electrons. The standard InChI is InChI=1S/C71H128N12O13S3/c1-26-28-30-47(13)58(84)57-62(88)74-50(27-2)64(90)82(24)70(99-34-29-31-83-32-35-98-36-33-83)69(95)79(21)54(40-71(16,17)96-41-97-25)61(87)75-55(45(9)10)67(93)76(18)51(37-42(3)4)60(86)72-48(14)59(85)73-49(15)63(89)77(19)52(38-43(5)6)65(91)78(20)53(39-44(7)8)66(92)80(22)56(46(11)12)68(94)81(57)23/h26,28,42-58,70,84H,27,29-41H2,1-25H3,(H,72,86)(H,73,85)(H,74,88)(H,75,87)/b28-26+/t47-,48+,49-,50+,51+,52+,53+,54+,55+,56+,57+,58-,70-/m1/s1. The van der Waals surface area contributed by atoms with Crippen molar-refractivity contribution in [2.45, 2.75) is 240 Å². The third-order valence-electron chi connectivity index (χ3n) is 18.7. The summed E-state index contributed by atoms with van der Waals surface area (Å²) in [7, 11) is 10.1. The highest BCUT2D eigenvalue weighted by molar-refractivity contribution is 8.00. The Labute approximate surface area is 606 Å². The summed E-state index contributed by atoms with van der Waals surface area (Å²) in [5.41, 5.74) is -1.05. The van der Waals surface area contributed by atoms with Gasteiger partial charge < -0.3 is 70.3 Å². The van der Waals surface area contributed by atoms with Crippen LogP contribution in [0, 0.1) is 35.5 Å². The molecule has 0 aromatic rings. The molecule has 0 unspecified atom stereocenters. The smallest absolute Gasteiger partial charge is 0.256 e. The Morgan fingerprint density at radius 2 is 1.05 bits per heavy atom. The fourth-order valence-corrected chi connectivity index (χ4v) is 15.0. The molecule has 11 amide bonds. The number of amides is 11. The highest BCUT2D eigenvalue weighted by Crippen LogP contribution is 2.29. The third-order valence-corrected chi connectivity index (χ3v) is 21.4. The number of likely N-dealkylation sites (N-methyl/N-ethyl adjacent to an activating group) is 7. The lowest BCUT2D eigenvalue weighted by Crippen LogP contribution is -2.64. The van der Waals surface area contributed by atoms with Crippen LogP contribution in [0.1, 0.15) is 163 Å². The molecule has 0 aromatic carbocycles. The van der Waals surface area contributed by atoms with Crippen molar-refractivity contribution in [2.75, 3.05) is 98.4 Å². The van der Waals surface area contributed by atoms with Gasteiger partial charge in [-0.15, -0.1) is 23.5 Å². The molecule has 2 aliphatic rings. The molecule has 2 saturated heterocycles. The number of nitrogens with zero attached hydrogens (tertiary/aromatic N) is 8. The van der Waals surface area contributed by atoms with Crippen LogP contribution in [0.4, 0.5) is 0 Å². The van der Waals surface area contributed by atoms with E-state index in [-0.39, 0.29) is 55.8 Å². The minimum absolute atomic E-state index is 0.00691. The predicted octanol–water partition coefficient (Wildman–Crippen LogP) is 5.23. The van der Waals surface area contributed by atoms with Crippen molar-refractivity contribution in [1.82, 2.24) is 60.5 Å². The minimum Gasteiger partial charge on any atom is -0.390 e. The average molecular weight is 1450 g/mol. The van der Waals surface area contributed by atoms with Gasteiger partial charge in [-0.25, -0.2) is 0 Å². The molecule has 2 aliphatic heterocycles. The van der Waals surface area contributed by atoms with Crippen LogP contribution in [-0.2, 0) is 57.5 Å². The normalized spacial score (nSPS) is 26.8. The monoisotopic (exact) mass is 1450 g/mol. The van der Waals surface area contributed by atoms with Gasteiger partial charge >= 0.3 is 0 Å². The number of aliphatic hydroxyl groups excluding tert-OH is 1. The number of aliphatic hydroxyl groups is 1. The van der Waals surface area contributed by atoms with E-state index in [1.54, 1.807) is 61.5 Å². The maximum atomic E-state index is 15.7. The summed E-state index contributed by atoms with van der Waals surface area (Å²) in [6.45, 7) is 32.4. The molecule has 13 atom stereocenters. The first-order valence-corrected chi connectivity index (χ1v) is 39.1. The van der Waals surface area contributed by atoms with Crippen LogP contribution in [0.5, 0.6) is 0 Å². The molecule has 0 spiro atoms. The Balaban J connectivity index is 3.17. The summed E-state index contributed by atoms with van der Waals surface area (Å²) in [6.07, 6.45) is 5.21. The van der Waals surface area contributed by atoms with Crippen molar-refractivity contribution in [2.24, 2.45) is 35.5 Å². The molecule has 0 saturated carbocycles. The van der Waals surface area contributed by atoms with E-state index in [0.29, 0.717) is 18.6 Å². The Kier molecular flexibility index (Phi) is 38.5. The molecule has 2 heterocycles. The Hall–Kier alpha value is -5.16. The summed E-state index contributed by atoms with van der Waals surface area (Å²) in [4.78, 5) is 177.